The van der Waals surface area contributed by atoms with Gasteiger partial charge in [-0.2, -0.15) is 0 Å². The molecule has 2 aliphatic heterocycles. The molecule has 22 heavy (non-hydrogen) atoms. The first kappa shape index (κ1) is 19.2. The van der Waals surface area contributed by atoms with Crippen molar-refractivity contribution < 1.29 is 9.59 Å². The zero-order valence-electron chi connectivity index (χ0n) is 13.6. The van der Waals surface area contributed by atoms with Gasteiger partial charge in [0.05, 0.1) is 12.0 Å². The van der Waals surface area contributed by atoms with Crippen molar-refractivity contribution in [2.24, 2.45) is 11.7 Å². The number of hydrogen-bond acceptors (Lipinski definition) is 4. The topological polar surface area (TPSA) is 78.7 Å². The van der Waals surface area contributed by atoms with Crippen molar-refractivity contribution in [1.82, 2.24) is 15.1 Å². The molecule has 0 bridgehead atoms. The predicted octanol–water partition coefficient (Wildman–Crippen LogP) is 0.204. The first-order valence-corrected chi connectivity index (χ1v) is 8.02. The number of rotatable bonds is 4. The standard InChI is InChI=1S/C15H28N4O2.ClH/c1-11(18-7-4-6-13(10-18)17-2)15(21)19-8-3-5-12(9-19)14(16)20;/h11-13,17H,3-10H2,1-2H3,(H2,16,20);1H. The number of carbonyl (C=O) groups excluding carboxylic acids is 2. The van der Waals surface area contributed by atoms with Crippen LogP contribution >= 0.6 is 12.4 Å². The zero-order chi connectivity index (χ0) is 15.4. The summed E-state index contributed by atoms with van der Waals surface area (Å²) >= 11 is 0. The quantitative estimate of drug-likeness (QED) is 0.771. The first-order valence-electron chi connectivity index (χ1n) is 8.02. The molecular weight excluding hydrogens is 304 g/mol. The Morgan fingerprint density at radius 2 is 1.86 bits per heavy atom. The summed E-state index contributed by atoms with van der Waals surface area (Å²) in [7, 11) is 1.97. The maximum Gasteiger partial charge on any atom is 0.239 e. The Bertz CT molecular complexity index is 394. The number of nitrogens with one attached hydrogen (secondary N) is 1. The fourth-order valence-electron chi connectivity index (χ4n) is 3.42. The van der Waals surface area contributed by atoms with Crippen molar-refractivity contribution in [2.75, 3.05) is 33.2 Å². The summed E-state index contributed by atoms with van der Waals surface area (Å²) in [6.07, 6.45) is 3.96. The second kappa shape index (κ2) is 8.70. The summed E-state index contributed by atoms with van der Waals surface area (Å²) in [5.74, 6) is -0.326. The van der Waals surface area contributed by atoms with Crippen LogP contribution in [0.1, 0.15) is 32.6 Å². The van der Waals surface area contributed by atoms with E-state index in [1.165, 1.54) is 6.42 Å². The molecule has 7 heteroatoms. The average molecular weight is 333 g/mol. The second-order valence-corrected chi connectivity index (χ2v) is 6.32. The number of amides is 2. The SMILES string of the molecule is CNC1CCCN(C(C)C(=O)N2CCCC(C(N)=O)C2)C1.Cl. The molecular formula is C15H29ClN4O2. The first-order chi connectivity index (χ1) is 10.0. The van der Waals surface area contributed by atoms with Crippen molar-refractivity contribution in [2.45, 2.75) is 44.7 Å². The van der Waals surface area contributed by atoms with Crippen molar-refractivity contribution in [1.29, 1.82) is 0 Å². The number of hydrogen-bond donors (Lipinski definition) is 2. The van der Waals surface area contributed by atoms with Gasteiger partial charge in [-0.3, -0.25) is 14.5 Å². The van der Waals surface area contributed by atoms with Crippen LogP contribution in [-0.4, -0.2) is 66.9 Å². The number of piperidine rings is 2. The number of nitrogens with zero attached hydrogens (tertiary/aromatic N) is 2. The van der Waals surface area contributed by atoms with Gasteiger partial charge in [-0.05, 0) is 46.2 Å². The molecule has 0 spiro atoms. The van der Waals surface area contributed by atoms with E-state index in [2.05, 4.69) is 10.2 Å². The molecule has 0 radical (unpaired) electrons. The van der Waals surface area contributed by atoms with Gasteiger partial charge < -0.3 is 16.0 Å². The van der Waals surface area contributed by atoms with Crippen LogP contribution in [0, 0.1) is 5.92 Å². The van der Waals surface area contributed by atoms with Crippen molar-refractivity contribution >= 4 is 24.2 Å². The minimum Gasteiger partial charge on any atom is -0.369 e. The van der Waals surface area contributed by atoms with E-state index in [1.54, 1.807) is 0 Å². The van der Waals surface area contributed by atoms with Gasteiger partial charge in [0, 0.05) is 25.7 Å². The van der Waals surface area contributed by atoms with Crippen LogP contribution in [0.4, 0.5) is 0 Å². The molecule has 3 unspecified atom stereocenters. The van der Waals surface area contributed by atoms with E-state index in [1.807, 2.05) is 18.9 Å². The highest BCUT2D eigenvalue weighted by molar-refractivity contribution is 5.85. The van der Waals surface area contributed by atoms with Gasteiger partial charge in [0.15, 0.2) is 0 Å². The smallest absolute Gasteiger partial charge is 0.239 e. The van der Waals surface area contributed by atoms with Gasteiger partial charge in [0.25, 0.3) is 0 Å². The third-order valence-corrected chi connectivity index (χ3v) is 4.90. The highest BCUT2D eigenvalue weighted by Gasteiger charge is 2.33. The van der Waals surface area contributed by atoms with Gasteiger partial charge in [0.1, 0.15) is 0 Å². The van der Waals surface area contributed by atoms with Crippen LogP contribution in [0.25, 0.3) is 0 Å². The van der Waals surface area contributed by atoms with E-state index in [0.717, 1.165) is 38.9 Å². The van der Waals surface area contributed by atoms with Gasteiger partial charge in [-0.25, -0.2) is 0 Å². The Balaban J connectivity index is 0.00000242. The highest BCUT2D eigenvalue weighted by atomic mass is 35.5. The molecule has 0 aromatic heterocycles. The zero-order valence-corrected chi connectivity index (χ0v) is 14.4. The molecule has 2 saturated heterocycles. The number of carbonyl (C=O) groups is 2. The lowest BCUT2D eigenvalue weighted by atomic mass is 9.96. The summed E-state index contributed by atoms with van der Waals surface area (Å²) in [5, 5.41) is 3.30. The molecule has 2 amide bonds. The third-order valence-electron chi connectivity index (χ3n) is 4.90. The Labute approximate surface area is 139 Å². The maximum atomic E-state index is 12.7. The molecule has 2 heterocycles. The lowest BCUT2D eigenvalue weighted by Gasteiger charge is -2.39. The molecule has 0 aliphatic carbocycles. The van der Waals surface area contributed by atoms with E-state index in [-0.39, 0.29) is 36.2 Å². The summed E-state index contributed by atoms with van der Waals surface area (Å²) in [4.78, 5) is 28.1. The molecule has 2 rings (SSSR count). The van der Waals surface area contributed by atoms with Gasteiger partial charge in [-0.15, -0.1) is 12.4 Å². The number of halogens is 1. The van der Waals surface area contributed by atoms with E-state index >= 15 is 0 Å². The van der Waals surface area contributed by atoms with Gasteiger partial charge in [0.2, 0.25) is 11.8 Å². The summed E-state index contributed by atoms with van der Waals surface area (Å²) in [5.41, 5.74) is 5.39. The minimum absolute atomic E-state index is 0. The molecule has 3 N–H and O–H groups in total. The Morgan fingerprint density at radius 3 is 2.50 bits per heavy atom. The lowest BCUT2D eigenvalue weighted by Crippen LogP contribution is -2.55. The van der Waals surface area contributed by atoms with Crippen LogP contribution in [0.2, 0.25) is 0 Å². The number of primary amides is 1. The minimum atomic E-state index is -0.284. The van der Waals surface area contributed by atoms with E-state index in [0.29, 0.717) is 12.6 Å². The molecule has 0 saturated carbocycles. The van der Waals surface area contributed by atoms with Crippen LogP contribution in [-0.2, 0) is 9.59 Å². The Kier molecular flexibility index (Phi) is 7.59. The van der Waals surface area contributed by atoms with Crippen molar-refractivity contribution in [3.63, 3.8) is 0 Å². The number of likely N-dealkylation sites (tertiary alicyclic amines) is 2. The van der Waals surface area contributed by atoms with Crippen LogP contribution in [0.3, 0.4) is 0 Å². The predicted molar refractivity (Wildman–Crippen MR) is 88.9 cm³/mol. The molecule has 2 fully saturated rings. The normalized spacial score (nSPS) is 27.8. The highest BCUT2D eigenvalue weighted by Crippen LogP contribution is 2.19. The monoisotopic (exact) mass is 332 g/mol. The Morgan fingerprint density at radius 1 is 1.18 bits per heavy atom. The summed E-state index contributed by atoms with van der Waals surface area (Å²) < 4.78 is 0. The summed E-state index contributed by atoms with van der Waals surface area (Å²) in [6.45, 7) is 5.10. The van der Waals surface area contributed by atoms with Crippen molar-refractivity contribution in [3.05, 3.63) is 0 Å². The fraction of sp³-hybridized carbons (Fsp3) is 0.867. The number of likely N-dealkylation sites (N-methyl/N-ethyl adjacent to an activating group) is 1. The lowest BCUT2D eigenvalue weighted by molar-refractivity contribution is -0.140. The Hall–Kier alpha value is -0.850. The number of nitrogens with two attached hydrogens (primary N) is 1. The fourth-order valence-corrected chi connectivity index (χ4v) is 3.42. The third kappa shape index (κ3) is 4.57. The molecule has 0 aromatic carbocycles. The molecule has 3 atom stereocenters. The maximum absolute atomic E-state index is 12.7. The summed E-state index contributed by atoms with van der Waals surface area (Å²) in [6, 6.07) is 0.349. The largest absolute Gasteiger partial charge is 0.369 e. The second-order valence-electron chi connectivity index (χ2n) is 6.32. The van der Waals surface area contributed by atoms with Crippen molar-refractivity contribution in [3.8, 4) is 0 Å². The van der Waals surface area contributed by atoms with Crippen LogP contribution in [0.15, 0.2) is 0 Å². The van der Waals surface area contributed by atoms with Crippen LogP contribution < -0.4 is 11.1 Å². The van der Waals surface area contributed by atoms with E-state index in [4.69, 9.17) is 5.73 Å². The van der Waals surface area contributed by atoms with Gasteiger partial charge in [-0.1, -0.05) is 0 Å². The van der Waals surface area contributed by atoms with E-state index in [9.17, 15) is 9.59 Å². The molecule has 0 aromatic rings. The van der Waals surface area contributed by atoms with Gasteiger partial charge >= 0.3 is 0 Å². The molecule has 128 valence electrons. The molecule has 2 aliphatic rings. The molecule has 6 nitrogen and oxygen atoms in total. The van der Waals surface area contributed by atoms with E-state index < -0.39 is 0 Å². The average Bonchev–Trinajstić information content (AvgIpc) is 2.53. The van der Waals surface area contributed by atoms with Crippen LogP contribution in [0.5, 0.6) is 0 Å².